The fourth-order valence-electron chi connectivity index (χ4n) is 3.25. The van der Waals surface area contributed by atoms with Gasteiger partial charge in [-0.05, 0) is 57.2 Å². The van der Waals surface area contributed by atoms with Crippen LogP contribution in [0.1, 0.15) is 29.9 Å². The van der Waals surface area contributed by atoms with Gasteiger partial charge in [0.05, 0.1) is 5.69 Å². The number of nitrogens with one attached hydrogen (secondary N) is 1. The number of aromatic nitrogens is 2. The molecule has 8 heteroatoms. The zero-order chi connectivity index (χ0) is 22.5. The number of carbonyl (C=O) groups excluding carboxylic acids is 2. The molecule has 1 amide bonds. The minimum Gasteiger partial charge on any atom is -0.452 e. The van der Waals surface area contributed by atoms with Gasteiger partial charge in [0, 0.05) is 30.2 Å². The number of halogens is 1. The van der Waals surface area contributed by atoms with E-state index in [-0.39, 0.29) is 22.7 Å². The lowest BCUT2D eigenvalue weighted by Gasteiger charge is -2.27. The molecular formula is C23H25ClN4O3. The van der Waals surface area contributed by atoms with Crippen molar-refractivity contribution in [2.24, 2.45) is 7.05 Å². The summed E-state index contributed by atoms with van der Waals surface area (Å²) < 4.78 is 6.63. The summed E-state index contributed by atoms with van der Waals surface area (Å²) in [5.41, 5.74) is 3.21. The molecule has 7 nitrogen and oxygen atoms in total. The van der Waals surface area contributed by atoms with Gasteiger partial charge < -0.3 is 15.0 Å². The van der Waals surface area contributed by atoms with E-state index in [9.17, 15) is 9.59 Å². The summed E-state index contributed by atoms with van der Waals surface area (Å²) in [4.78, 5) is 26.9. The van der Waals surface area contributed by atoms with E-state index in [0.29, 0.717) is 11.4 Å². The van der Waals surface area contributed by atoms with Crippen molar-refractivity contribution in [2.75, 3.05) is 16.8 Å². The smallest absolute Gasteiger partial charge is 0.343 e. The minimum absolute atomic E-state index is 0.122. The number of anilines is 3. The summed E-state index contributed by atoms with van der Waals surface area (Å²) in [5.74, 6) is -1.00. The third-order valence-electron chi connectivity index (χ3n) is 4.68. The third kappa shape index (κ3) is 5.24. The topological polar surface area (TPSA) is 76.5 Å². The molecule has 0 spiro atoms. The maximum atomic E-state index is 12.9. The second kappa shape index (κ2) is 9.66. The molecule has 0 fully saturated rings. The Hall–Kier alpha value is -3.32. The Morgan fingerprint density at radius 2 is 1.71 bits per heavy atom. The minimum atomic E-state index is -0.671. The Morgan fingerprint density at radius 3 is 2.26 bits per heavy atom. The van der Waals surface area contributed by atoms with Crippen LogP contribution in [0.3, 0.4) is 0 Å². The summed E-state index contributed by atoms with van der Waals surface area (Å²) >= 11 is 6.10. The molecule has 0 aliphatic heterocycles. The predicted molar refractivity (Wildman–Crippen MR) is 122 cm³/mol. The molecule has 0 aliphatic carbocycles. The van der Waals surface area contributed by atoms with Crippen molar-refractivity contribution in [1.29, 1.82) is 0 Å². The van der Waals surface area contributed by atoms with Crippen LogP contribution in [0.2, 0.25) is 5.15 Å². The lowest BCUT2D eigenvalue weighted by Crippen LogP contribution is -2.40. The molecular weight excluding hydrogens is 416 g/mol. The molecule has 0 atom stereocenters. The van der Waals surface area contributed by atoms with E-state index in [0.717, 1.165) is 11.4 Å². The first-order valence-electron chi connectivity index (χ1n) is 9.88. The molecule has 1 N–H and O–H groups in total. The van der Waals surface area contributed by atoms with Gasteiger partial charge in [0.1, 0.15) is 10.7 Å². The van der Waals surface area contributed by atoms with Crippen molar-refractivity contribution in [3.05, 3.63) is 71.0 Å². The number of esters is 1. The standard InChI is InChI=1S/C23H25ClN4O3/c1-15(2)28(19-12-10-18(11-13-19)25-17-8-6-5-7-9-17)20(29)14-31-23(30)21-16(3)26-27(4)22(21)24/h5-13,15,25H,14H2,1-4H3. The Labute approximate surface area is 186 Å². The van der Waals surface area contributed by atoms with Crippen molar-refractivity contribution in [2.45, 2.75) is 26.8 Å². The van der Waals surface area contributed by atoms with Crippen molar-refractivity contribution >= 4 is 40.5 Å². The fourth-order valence-corrected chi connectivity index (χ4v) is 3.51. The van der Waals surface area contributed by atoms with Gasteiger partial charge in [0.2, 0.25) is 0 Å². The van der Waals surface area contributed by atoms with E-state index < -0.39 is 12.6 Å². The Kier molecular flexibility index (Phi) is 6.97. The summed E-state index contributed by atoms with van der Waals surface area (Å²) in [5, 5.41) is 7.57. The summed E-state index contributed by atoms with van der Waals surface area (Å²) in [7, 11) is 1.63. The number of hydrogen-bond acceptors (Lipinski definition) is 5. The van der Waals surface area contributed by atoms with Gasteiger partial charge in [-0.15, -0.1) is 0 Å². The zero-order valence-corrected chi connectivity index (χ0v) is 18.7. The number of benzene rings is 2. The van der Waals surface area contributed by atoms with Crippen LogP contribution < -0.4 is 10.2 Å². The van der Waals surface area contributed by atoms with Crippen LogP contribution in [-0.2, 0) is 16.6 Å². The molecule has 2 aromatic carbocycles. The fraction of sp³-hybridized carbons (Fsp3) is 0.261. The number of ether oxygens (including phenoxy) is 1. The number of rotatable bonds is 7. The average Bonchev–Trinajstić information content (AvgIpc) is 2.99. The van der Waals surface area contributed by atoms with E-state index in [2.05, 4.69) is 10.4 Å². The maximum Gasteiger partial charge on any atom is 0.343 e. The molecule has 0 saturated heterocycles. The van der Waals surface area contributed by atoms with Gasteiger partial charge in [-0.1, -0.05) is 29.8 Å². The van der Waals surface area contributed by atoms with Crippen molar-refractivity contribution < 1.29 is 14.3 Å². The molecule has 0 aliphatic rings. The van der Waals surface area contributed by atoms with E-state index in [4.69, 9.17) is 16.3 Å². The molecule has 31 heavy (non-hydrogen) atoms. The monoisotopic (exact) mass is 440 g/mol. The van der Waals surface area contributed by atoms with Crippen LogP contribution in [0.4, 0.5) is 17.1 Å². The quantitative estimate of drug-likeness (QED) is 0.538. The average molecular weight is 441 g/mol. The van der Waals surface area contributed by atoms with Crippen LogP contribution in [0, 0.1) is 6.92 Å². The van der Waals surface area contributed by atoms with Gasteiger partial charge in [0.15, 0.2) is 6.61 Å². The van der Waals surface area contributed by atoms with Crippen LogP contribution in [0.25, 0.3) is 0 Å². The van der Waals surface area contributed by atoms with Crippen LogP contribution in [-0.4, -0.2) is 34.3 Å². The summed E-state index contributed by atoms with van der Waals surface area (Å²) in [6.07, 6.45) is 0. The number of carbonyl (C=O) groups is 2. The number of para-hydroxylation sites is 1. The van der Waals surface area contributed by atoms with Gasteiger partial charge >= 0.3 is 5.97 Å². The second-order valence-electron chi connectivity index (χ2n) is 7.35. The van der Waals surface area contributed by atoms with Gasteiger partial charge in [-0.2, -0.15) is 5.10 Å². The Balaban J connectivity index is 1.68. The van der Waals surface area contributed by atoms with Crippen LogP contribution in [0.15, 0.2) is 54.6 Å². The molecule has 0 bridgehead atoms. The van der Waals surface area contributed by atoms with Gasteiger partial charge in [-0.3, -0.25) is 9.48 Å². The molecule has 3 rings (SSSR count). The lowest BCUT2D eigenvalue weighted by atomic mass is 10.2. The van der Waals surface area contributed by atoms with Gasteiger partial charge in [0.25, 0.3) is 5.91 Å². The highest BCUT2D eigenvalue weighted by Crippen LogP contribution is 2.24. The first-order chi connectivity index (χ1) is 14.8. The van der Waals surface area contributed by atoms with E-state index in [1.54, 1.807) is 18.9 Å². The van der Waals surface area contributed by atoms with Crippen molar-refractivity contribution in [3.63, 3.8) is 0 Å². The third-order valence-corrected chi connectivity index (χ3v) is 5.11. The molecule has 1 heterocycles. The van der Waals surface area contributed by atoms with Crippen LogP contribution in [0.5, 0.6) is 0 Å². The number of nitrogens with zero attached hydrogens (tertiary/aromatic N) is 3. The predicted octanol–water partition coefficient (Wildman–Crippen LogP) is 4.72. The van der Waals surface area contributed by atoms with Gasteiger partial charge in [-0.25, -0.2) is 4.79 Å². The lowest BCUT2D eigenvalue weighted by molar-refractivity contribution is -0.122. The van der Waals surface area contributed by atoms with E-state index >= 15 is 0 Å². The molecule has 0 unspecified atom stereocenters. The number of amides is 1. The molecule has 1 aromatic heterocycles. The number of hydrogen-bond donors (Lipinski definition) is 1. The molecule has 3 aromatic rings. The van der Waals surface area contributed by atoms with Crippen molar-refractivity contribution in [1.82, 2.24) is 9.78 Å². The maximum absolute atomic E-state index is 12.9. The summed E-state index contributed by atoms with van der Waals surface area (Å²) in [6.45, 7) is 5.07. The molecule has 0 radical (unpaired) electrons. The first-order valence-corrected chi connectivity index (χ1v) is 10.3. The first kappa shape index (κ1) is 22.4. The highest BCUT2D eigenvalue weighted by Gasteiger charge is 2.24. The van der Waals surface area contributed by atoms with Crippen LogP contribution >= 0.6 is 11.6 Å². The number of aryl methyl sites for hydroxylation is 2. The Bertz CT molecular complexity index is 1060. The highest BCUT2D eigenvalue weighted by atomic mass is 35.5. The normalized spacial score (nSPS) is 10.8. The molecule has 0 saturated carbocycles. The summed E-state index contributed by atoms with van der Waals surface area (Å²) in [6, 6.07) is 17.2. The highest BCUT2D eigenvalue weighted by molar-refractivity contribution is 6.32. The zero-order valence-electron chi connectivity index (χ0n) is 17.9. The largest absolute Gasteiger partial charge is 0.452 e. The second-order valence-corrected chi connectivity index (χ2v) is 7.70. The molecule has 162 valence electrons. The Morgan fingerprint density at radius 1 is 1.10 bits per heavy atom. The van der Waals surface area contributed by atoms with Crippen molar-refractivity contribution in [3.8, 4) is 0 Å². The van der Waals surface area contributed by atoms with E-state index in [1.165, 1.54) is 4.68 Å². The van der Waals surface area contributed by atoms with E-state index in [1.807, 2.05) is 68.4 Å². The SMILES string of the molecule is Cc1nn(C)c(Cl)c1C(=O)OCC(=O)N(c1ccc(Nc2ccccc2)cc1)C(C)C.